The van der Waals surface area contributed by atoms with E-state index in [9.17, 15) is 0 Å². The standard InChI is InChI=1S/C38H30/c1-23-21-31-32(22-24(23)2)34(26-15-7-4-8-16-26)38-36-29-19-11-9-17-27(29)35(28-18-10-12-20-30(28)36)37(38)33(31)25-13-5-3-6-14-25/h3-20,35-36H,21-22H2,1-2H3. The van der Waals surface area contributed by atoms with Crippen molar-refractivity contribution in [2.45, 2.75) is 38.5 Å². The zero-order chi connectivity index (χ0) is 25.4. The zero-order valence-corrected chi connectivity index (χ0v) is 22.0. The van der Waals surface area contributed by atoms with Gasteiger partial charge in [-0.25, -0.2) is 0 Å². The van der Waals surface area contributed by atoms with Gasteiger partial charge in [-0.05, 0) is 93.5 Å². The lowest BCUT2D eigenvalue weighted by atomic mass is 9.57. The molecule has 0 unspecified atom stereocenters. The maximum atomic E-state index is 2.39. The molecule has 0 amide bonds. The fourth-order valence-corrected chi connectivity index (χ4v) is 7.62. The van der Waals surface area contributed by atoms with Crippen LogP contribution < -0.4 is 0 Å². The summed E-state index contributed by atoms with van der Waals surface area (Å²) >= 11 is 0. The Morgan fingerprint density at radius 1 is 0.421 bits per heavy atom. The van der Waals surface area contributed by atoms with Crippen molar-refractivity contribution in [3.63, 3.8) is 0 Å². The molecule has 0 saturated heterocycles. The molecule has 0 nitrogen and oxygen atoms in total. The Labute approximate surface area is 225 Å². The van der Waals surface area contributed by atoms with E-state index in [2.05, 4.69) is 123 Å². The number of hydrogen-bond acceptors (Lipinski definition) is 0. The van der Waals surface area contributed by atoms with Gasteiger partial charge in [-0.2, -0.15) is 0 Å². The van der Waals surface area contributed by atoms with Crippen LogP contribution in [0.2, 0.25) is 0 Å². The maximum Gasteiger partial charge on any atom is 0.0355 e. The summed E-state index contributed by atoms with van der Waals surface area (Å²) in [7, 11) is 0. The van der Waals surface area contributed by atoms with Gasteiger partial charge in [-0.15, -0.1) is 0 Å². The molecule has 0 atom stereocenters. The van der Waals surface area contributed by atoms with Crippen LogP contribution in [0, 0.1) is 0 Å². The minimum absolute atomic E-state index is 0.248. The molecule has 0 aliphatic heterocycles. The molecule has 0 heterocycles. The van der Waals surface area contributed by atoms with E-state index in [4.69, 9.17) is 0 Å². The molecule has 5 aromatic carbocycles. The second-order valence-electron chi connectivity index (χ2n) is 11.3. The Hall–Kier alpha value is -4.16. The average Bonchev–Trinajstić information content (AvgIpc) is 2.97. The van der Waals surface area contributed by atoms with Crippen molar-refractivity contribution in [2.24, 2.45) is 0 Å². The lowest BCUT2D eigenvalue weighted by molar-refractivity contribution is 0.751. The van der Waals surface area contributed by atoms with Gasteiger partial charge in [-0.1, -0.05) is 120 Å². The normalized spacial score (nSPS) is 18.5. The largest absolute Gasteiger partial charge is 0.0696 e. The summed E-state index contributed by atoms with van der Waals surface area (Å²) < 4.78 is 0. The minimum Gasteiger partial charge on any atom is -0.0696 e. The molecule has 0 spiro atoms. The van der Waals surface area contributed by atoms with E-state index < -0.39 is 0 Å². The van der Waals surface area contributed by atoms with Crippen LogP contribution in [0.15, 0.2) is 120 Å². The summed E-state index contributed by atoms with van der Waals surface area (Å²) in [5, 5.41) is 0. The number of hydrogen-bond donors (Lipinski definition) is 0. The highest BCUT2D eigenvalue weighted by atomic mass is 14.5. The Kier molecular flexibility index (Phi) is 4.70. The highest BCUT2D eigenvalue weighted by Crippen LogP contribution is 2.61. The van der Waals surface area contributed by atoms with Crippen molar-refractivity contribution in [2.75, 3.05) is 0 Å². The van der Waals surface area contributed by atoms with E-state index in [1.165, 1.54) is 55.7 Å². The van der Waals surface area contributed by atoms with Gasteiger partial charge in [0.1, 0.15) is 0 Å². The average molecular weight is 487 g/mol. The van der Waals surface area contributed by atoms with Crippen LogP contribution in [0.5, 0.6) is 0 Å². The highest BCUT2D eigenvalue weighted by Gasteiger charge is 2.45. The third-order valence-electron chi connectivity index (χ3n) is 9.35. The van der Waals surface area contributed by atoms with Crippen LogP contribution in [-0.2, 0) is 12.8 Å². The predicted octanol–water partition coefficient (Wildman–Crippen LogP) is 9.44. The molecular formula is C38H30. The number of rotatable bonds is 2. The molecular weight excluding hydrogens is 456 g/mol. The fraction of sp³-hybridized carbons (Fsp3) is 0.158. The molecule has 38 heavy (non-hydrogen) atoms. The van der Waals surface area contributed by atoms with Gasteiger partial charge < -0.3 is 0 Å². The van der Waals surface area contributed by atoms with E-state index in [-0.39, 0.29) is 11.8 Å². The van der Waals surface area contributed by atoms with Crippen molar-refractivity contribution in [3.05, 3.63) is 165 Å². The second kappa shape index (κ2) is 8.17. The van der Waals surface area contributed by atoms with E-state index in [0.717, 1.165) is 12.8 Å². The van der Waals surface area contributed by atoms with Gasteiger partial charge >= 0.3 is 0 Å². The van der Waals surface area contributed by atoms with Crippen LogP contribution in [0.4, 0.5) is 0 Å². The molecule has 0 saturated carbocycles. The first kappa shape index (κ1) is 21.9. The molecule has 0 heteroatoms. The summed E-state index contributed by atoms with van der Waals surface area (Å²) in [6.07, 6.45) is 2.05. The topological polar surface area (TPSA) is 0 Å². The molecule has 5 aromatic rings. The third-order valence-corrected chi connectivity index (χ3v) is 9.35. The molecule has 0 radical (unpaired) electrons. The van der Waals surface area contributed by atoms with E-state index in [1.807, 2.05) is 0 Å². The molecule has 0 aromatic heterocycles. The van der Waals surface area contributed by atoms with Gasteiger partial charge in [0.2, 0.25) is 0 Å². The molecule has 182 valence electrons. The van der Waals surface area contributed by atoms with E-state index in [1.54, 1.807) is 22.3 Å². The summed E-state index contributed by atoms with van der Waals surface area (Å²) in [4.78, 5) is 0. The number of benzene rings is 5. The van der Waals surface area contributed by atoms with Crippen molar-refractivity contribution in [3.8, 4) is 22.3 Å². The number of allylic oxidation sites excluding steroid dienone is 2. The first-order valence-electron chi connectivity index (χ1n) is 13.9. The predicted molar refractivity (Wildman–Crippen MR) is 158 cm³/mol. The minimum atomic E-state index is 0.248. The second-order valence-corrected chi connectivity index (χ2v) is 11.3. The quantitative estimate of drug-likeness (QED) is 0.213. The van der Waals surface area contributed by atoms with E-state index in [0.29, 0.717) is 0 Å². The van der Waals surface area contributed by atoms with Crippen molar-refractivity contribution in [1.29, 1.82) is 0 Å². The van der Waals surface area contributed by atoms with Crippen molar-refractivity contribution >= 4 is 0 Å². The molecule has 0 N–H and O–H groups in total. The summed E-state index contributed by atoms with van der Waals surface area (Å²) in [6, 6.07) is 40.9. The molecule has 4 aliphatic rings. The summed E-state index contributed by atoms with van der Waals surface area (Å²) in [5.41, 5.74) is 20.8. The highest BCUT2D eigenvalue weighted by molar-refractivity contribution is 5.90. The third kappa shape index (κ3) is 2.92. The Morgan fingerprint density at radius 3 is 1.08 bits per heavy atom. The molecule has 0 fully saturated rings. The lowest BCUT2D eigenvalue weighted by Gasteiger charge is -2.46. The molecule has 9 rings (SSSR count). The first-order chi connectivity index (χ1) is 18.7. The number of fused-ring (bicyclic) bond motifs is 1. The fourth-order valence-electron chi connectivity index (χ4n) is 7.62. The zero-order valence-electron chi connectivity index (χ0n) is 22.0. The molecule has 2 bridgehead atoms. The van der Waals surface area contributed by atoms with Crippen molar-refractivity contribution in [1.82, 2.24) is 0 Å². The summed E-state index contributed by atoms with van der Waals surface area (Å²) in [6.45, 7) is 4.68. The maximum absolute atomic E-state index is 2.39. The van der Waals surface area contributed by atoms with Crippen molar-refractivity contribution < 1.29 is 0 Å². The SMILES string of the molecule is CC1=C(C)Cc2c(c(-c3ccccc3)c3c(c2-c2ccccc2)C2c4ccccc4C3c3ccccc32)C1. The van der Waals surface area contributed by atoms with Crippen LogP contribution in [0.3, 0.4) is 0 Å². The van der Waals surface area contributed by atoms with Crippen LogP contribution in [0.1, 0.15) is 70.2 Å². The van der Waals surface area contributed by atoms with Crippen LogP contribution >= 0.6 is 0 Å². The van der Waals surface area contributed by atoms with Gasteiger partial charge in [0.25, 0.3) is 0 Å². The molecule has 4 aliphatic carbocycles. The lowest BCUT2D eigenvalue weighted by Crippen LogP contribution is -2.30. The van der Waals surface area contributed by atoms with Gasteiger partial charge in [0.15, 0.2) is 0 Å². The van der Waals surface area contributed by atoms with Gasteiger partial charge in [0, 0.05) is 11.8 Å². The Balaban J connectivity index is 1.59. The van der Waals surface area contributed by atoms with Gasteiger partial charge in [-0.3, -0.25) is 0 Å². The van der Waals surface area contributed by atoms with Crippen LogP contribution in [-0.4, -0.2) is 0 Å². The Morgan fingerprint density at radius 2 is 0.737 bits per heavy atom. The summed E-state index contributed by atoms with van der Waals surface area (Å²) in [5.74, 6) is 0.496. The monoisotopic (exact) mass is 486 g/mol. The van der Waals surface area contributed by atoms with Gasteiger partial charge in [0.05, 0.1) is 0 Å². The van der Waals surface area contributed by atoms with E-state index >= 15 is 0 Å². The first-order valence-corrected chi connectivity index (χ1v) is 13.9. The van der Waals surface area contributed by atoms with Crippen LogP contribution in [0.25, 0.3) is 22.3 Å². The smallest absolute Gasteiger partial charge is 0.0355 e. The Bertz CT molecular complexity index is 1590.